The number of nitrogens with one attached hydrogen (secondary N) is 2. The van der Waals surface area contributed by atoms with Crippen molar-refractivity contribution in [1.82, 2.24) is 14.7 Å². The van der Waals surface area contributed by atoms with Crippen LogP contribution in [-0.4, -0.2) is 42.9 Å². The number of carbonyl (C=O) groups excluding carboxylic acids is 1. The van der Waals surface area contributed by atoms with Crippen LogP contribution in [0.5, 0.6) is 0 Å². The van der Waals surface area contributed by atoms with Crippen molar-refractivity contribution in [2.45, 2.75) is 51.1 Å². The third-order valence-corrected chi connectivity index (χ3v) is 8.27. The molecule has 1 saturated heterocycles. The predicted molar refractivity (Wildman–Crippen MR) is 142 cm³/mol. The van der Waals surface area contributed by atoms with Crippen molar-refractivity contribution in [3.8, 4) is 0 Å². The first-order chi connectivity index (χ1) is 17.1. The van der Waals surface area contributed by atoms with E-state index in [0.717, 1.165) is 19.4 Å². The topological polar surface area (TPSA) is 104 Å². The van der Waals surface area contributed by atoms with Gasteiger partial charge >= 0.3 is 0 Å². The lowest BCUT2D eigenvalue weighted by Crippen LogP contribution is -2.43. The summed E-state index contributed by atoms with van der Waals surface area (Å²) < 4.78 is 28.3. The van der Waals surface area contributed by atoms with Crippen molar-refractivity contribution in [2.75, 3.05) is 23.3 Å². The molecule has 190 valence electrons. The second-order valence-electron chi connectivity index (χ2n) is 9.83. The summed E-state index contributed by atoms with van der Waals surface area (Å²) in [7, 11) is -4.19. The number of nitrogens with zero attached hydrogens (tertiary/aromatic N) is 3. The number of amides is 1. The Bertz CT molecular complexity index is 1340. The summed E-state index contributed by atoms with van der Waals surface area (Å²) in [5, 5.41) is 2.93. The average Bonchev–Trinajstić information content (AvgIpc) is 3.12. The Hall–Kier alpha value is -3.46. The molecule has 36 heavy (non-hydrogen) atoms. The highest BCUT2D eigenvalue weighted by molar-refractivity contribution is 7.90. The smallest absolute Gasteiger partial charge is 0.281 e. The lowest BCUT2D eigenvalue weighted by molar-refractivity contribution is 0.0981. The van der Waals surface area contributed by atoms with E-state index in [1.165, 1.54) is 17.2 Å². The van der Waals surface area contributed by atoms with Gasteiger partial charge in [-0.3, -0.25) is 4.79 Å². The monoisotopic (exact) mass is 507 g/mol. The summed E-state index contributed by atoms with van der Waals surface area (Å²) in [4.78, 5) is 23.9. The minimum Gasteiger partial charge on any atom is -0.370 e. The summed E-state index contributed by atoms with van der Waals surface area (Å²) in [6.45, 7) is 9.77. The third-order valence-electron chi connectivity index (χ3n) is 7.04. The molecule has 0 bridgehead atoms. The summed E-state index contributed by atoms with van der Waals surface area (Å²) in [6.07, 6.45) is 3.36. The zero-order valence-corrected chi connectivity index (χ0v) is 22.0. The Morgan fingerprint density at radius 3 is 2.56 bits per heavy atom. The molecule has 0 aliphatic carbocycles. The summed E-state index contributed by atoms with van der Waals surface area (Å²) in [6, 6.07) is 16.2. The van der Waals surface area contributed by atoms with Gasteiger partial charge in [0.1, 0.15) is 11.6 Å². The minimum absolute atomic E-state index is 0.206. The molecule has 3 heterocycles. The predicted octanol–water partition coefficient (Wildman–Crippen LogP) is 4.18. The molecule has 2 aromatic heterocycles. The number of benzene rings is 1. The van der Waals surface area contributed by atoms with E-state index in [1.807, 2.05) is 6.92 Å². The van der Waals surface area contributed by atoms with Crippen molar-refractivity contribution in [2.24, 2.45) is 5.92 Å². The largest absolute Gasteiger partial charge is 0.370 e. The molecule has 0 radical (unpaired) electrons. The van der Waals surface area contributed by atoms with Crippen molar-refractivity contribution >= 4 is 27.6 Å². The van der Waals surface area contributed by atoms with Crippen LogP contribution in [0.1, 0.15) is 48.7 Å². The number of hydrogen-bond acceptors (Lipinski definition) is 7. The van der Waals surface area contributed by atoms with Crippen LogP contribution in [0.3, 0.4) is 0 Å². The SMILES string of the molecule is Cc1ccc(CCNc2cccc(S(=O)(=O)NC(=O)c3cccnc3N3CCC(C)C3(C)C)n2)cc1. The average molecular weight is 508 g/mol. The van der Waals surface area contributed by atoms with Gasteiger partial charge in [-0.15, -0.1) is 0 Å². The van der Waals surface area contributed by atoms with Crippen LogP contribution in [0.2, 0.25) is 0 Å². The number of pyridine rings is 2. The quantitative estimate of drug-likeness (QED) is 0.471. The zero-order chi connectivity index (χ0) is 25.9. The molecule has 1 fully saturated rings. The zero-order valence-electron chi connectivity index (χ0n) is 21.2. The molecule has 9 heteroatoms. The lowest BCUT2D eigenvalue weighted by atomic mass is 9.90. The maximum Gasteiger partial charge on any atom is 0.281 e. The Kier molecular flexibility index (Phi) is 7.31. The highest BCUT2D eigenvalue weighted by atomic mass is 32.2. The normalized spacial score (nSPS) is 17.1. The van der Waals surface area contributed by atoms with E-state index < -0.39 is 15.9 Å². The fraction of sp³-hybridized carbons (Fsp3) is 0.370. The van der Waals surface area contributed by atoms with Crippen molar-refractivity contribution in [3.05, 3.63) is 77.5 Å². The van der Waals surface area contributed by atoms with Gasteiger partial charge in [-0.05, 0) is 69.4 Å². The van der Waals surface area contributed by atoms with E-state index >= 15 is 0 Å². The van der Waals surface area contributed by atoms with E-state index in [4.69, 9.17) is 0 Å². The van der Waals surface area contributed by atoms with Crippen LogP contribution in [0.25, 0.3) is 0 Å². The van der Waals surface area contributed by atoms with E-state index in [2.05, 4.69) is 69.9 Å². The van der Waals surface area contributed by atoms with E-state index in [9.17, 15) is 13.2 Å². The summed E-state index contributed by atoms with van der Waals surface area (Å²) in [5.41, 5.74) is 2.38. The maximum atomic E-state index is 13.1. The number of aromatic nitrogens is 2. The second kappa shape index (κ2) is 10.3. The fourth-order valence-electron chi connectivity index (χ4n) is 4.38. The summed E-state index contributed by atoms with van der Waals surface area (Å²) >= 11 is 0. The van der Waals surface area contributed by atoms with Crippen LogP contribution in [0, 0.1) is 12.8 Å². The van der Waals surface area contributed by atoms with Gasteiger partial charge in [0.15, 0.2) is 5.03 Å². The number of rotatable bonds is 8. The highest BCUT2D eigenvalue weighted by Crippen LogP contribution is 2.38. The molecule has 4 rings (SSSR count). The van der Waals surface area contributed by atoms with Crippen LogP contribution < -0.4 is 14.9 Å². The third kappa shape index (κ3) is 5.51. The number of hydrogen-bond donors (Lipinski definition) is 2. The Morgan fingerprint density at radius 1 is 1.11 bits per heavy atom. The number of carbonyl (C=O) groups is 1. The van der Waals surface area contributed by atoms with Gasteiger partial charge in [0.25, 0.3) is 15.9 Å². The standard InChI is InChI=1S/C27H33N5O3S/c1-19-10-12-21(13-11-19)14-17-28-23-8-5-9-24(30-23)36(34,35)31-26(33)22-7-6-16-29-25(22)32-18-15-20(2)27(32,3)4/h5-13,16,20H,14-15,17-18H2,1-4H3,(H,28,30)(H,31,33). The Morgan fingerprint density at radius 2 is 1.86 bits per heavy atom. The molecular weight excluding hydrogens is 474 g/mol. The number of aryl methyl sites for hydroxylation is 1. The Balaban J connectivity index is 1.47. The molecule has 1 aliphatic heterocycles. The van der Waals surface area contributed by atoms with Gasteiger partial charge < -0.3 is 10.2 Å². The highest BCUT2D eigenvalue weighted by Gasteiger charge is 2.40. The Labute approximate surface area is 213 Å². The first kappa shape index (κ1) is 25.6. The van der Waals surface area contributed by atoms with Crippen molar-refractivity contribution in [1.29, 1.82) is 0 Å². The number of sulfonamides is 1. The molecule has 0 spiro atoms. The molecule has 1 aliphatic rings. The van der Waals surface area contributed by atoms with E-state index in [1.54, 1.807) is 30.5 Å². The van der Waals surface area contributed by atoms with Crippen LogP contribution in [0.15, 0.2) is 65.8 Å². The number of anilines is 2. The molecule has 1 unspecified atom stereocenters. The van der Waals surface area contributed by atoms with Crippen LogP contribution in [-0.2, 0) is 16.4 Å². The first-order valence-corrected chi connectivity index (χ1v) is 13.6. The molecule has 1 atom stereocenters. The van der Waals surface area contributed by atoms with E-state index in [0.29, 0.717) is 24.1 Å². The molecule has 1 amide bonds. The van der Waals surface area contributed by atoms with E-state index in [-0.39, 0.29) is 16.1 Å². The van der Waals surface area contributed by atoms with Gasteiger partial charge in [0, 0.05) is 24.8 Å². The van der Waals surface area contributed by atoms with Crippen LogP contribution in [0.4, 0.5) is 11.6 Å². The lowest BCUT2D eigenvalue weighted by Gasteiger charge is -2.36. The fourth-order valence-corrected chi connectivity index (χ4v) is 5.32. The van der Waals surface area contributed by atoms with Crippen LogP contribution >= 0.6 is 0 Å². The first-order valence-electron chi connectivity index (χ1n) is 12.1. The van der Waals surface area contributed by atoms with Gasteiger partial charge in [-0.25, -0.2) is 14.7 Å². The van der Waals surface area contributed by atoms with Gasteiger partial charge in [0.05, 0.1) is 5.56 Å². The second-order valence-corrected chi connectivity index (χ2v) is 11.5. The van der Waals surface area contributed by atoms with Crippen molar-refractivity contribution < 1.29 is 13.2 Å². The molecule has 3 aromatic rings. The maximum absolute atomic E-state index is 13.1. The van der Waals surface area contributed by atoms with Gasteiger partial charge in [-0.2, -0.15) is 8.42 Å². The molecule has 1 aromatic carbocycles. The van der Waals surface area contributed by atoms with Gasteiger partial charge in [-0.1, -0.05) is 42.8 Å². The van der Waals surface area contributed by atoms with Crippen molar-refractivity contribution in [3.63, 3.8) is 0 Å². The molecular formula is C27H33N5O3S. The summed E-state index contributed by atoms with van der Waals surface area (Å²) in [5.74, 6) is 0.587. The minimum atomic E-state index is -4.19. The molecule has 2 N–H and O–H groups in total. The van der Waals surface area contributed by atoms with Gasteiger partial charge in [0.2, 0.25) is 0 Å². The molecule has 8 nitrogen and oxygen atoms in total. The molecule has 0 saturated carbocycles.